The topological polar surface area (TPSA) is 65.9 Å². The summed E-state index contributed by atoms with van der Waals surface area (Å²) in [5.74, 6) is 1.45. The first-order valence-electron chi connectivity index (χ1n) is 6.96. The fourth-order valence-corrected chi connectivity index (χ4v) is 1.77. The summed E-state index contributed by atoms with van der Waals surface area (Å²) in [6.45, 7) is 7.13. The molecule has 1 aromatic rings. The van der Waals surface area contributed by atoms with Crippen LogP contribution in [0.1, 0.15) is 32.4 Å². The summed E-state index contributed by atoms with van der Waals surface area (Å²) < 4.78 is 5.62. The van der Waals surface area contributed by atoms with Gasteiger partial charge in [0.25, 0.3) is 0 Å². The number of guanidine groups is 1. The van der Waals surface area contributed by atoms with Crippen molar-refractivity contribution >= 4 is 29.9 Å². The number of hydrogen-bond donors (Lipinski definition) is 3. The van der Waals surface area contributed by atoms with Crippen molar-refractivity contribution in [3.63, 3.8) is 0 Å². The van der Waals surface area contributed by atoms with Crippen LogP contribution in [0.15, 0.2) is 29.3 Å². The molecule has 0 amide bonds. The Kier molecular flexibility index (Phi) is 10.2. The van der Waals surface area contributed by atoms with Crippen molar-refractivity contribution in [1.29, 1.82) is 0 Å². The van der Waals surface area contributed by atoms with Crippen molar-refractivity contribution in [3.05, 3.63) is 29.8 Å². The van der Waals surface area contributed by atoms with Crippen molar-refractivity contribution in [1.82, 2.24) is 10.6 Å². The zero-order valence-electron chi connectivity index (χ0n) is 13.1. The van der Waals surface area contributed by atoms with Crippen molar-refractivity contribution in [2.75, 3.05) is 20.1 Å². The molecule has 0 spiro atoms. The van der Waals surface area contributed by atoms with Crippen LogP contribution in [0.2, 0.25) is 0 Å². The fourth-order valence-electron chi connectivity index (χ4n) is 1.77. The van der Waals surface area contributed by atoms with E-state index in [-0.39, 0.29) is 30.1 Å². The number of aliphatic imine (C=N–C) groups is 1. The predicted octanol–water partition coefficient (Wildman–Crippen LogP) is 2.31. The quantitative estimate of drug-likeness (QED) is 0.385. The van der Waals surface area contributed by atoms with Crippen LogP contribution in [0.25, 0.3) is 0 Å². The fraction of sp³-hybridized carbons (Fsp3) is 0.533. The molecule has 5 nitrogen and oxygen atoms in total. The van der Waals surface area contributed by atoms with E-state index in [2.05, 4.69) is 15.6 Å². The highest BCUT2D eigenvalue weighted by atomic mass is 127. The summed E-state index contributed by atoms with van der Waals surface area (Å²) in [6, 6.07) is 7.52. The number of ether oxygens (including phenoxy) is 1. The molecule has 3 N–H and O–H groups in total. The molecular weight excluding hydrogens is 381 g/mol. The van der Waals surface area contributed by atoms with Crippen LogP contribution >= 0.6 is 24.0 Å². The number of aliphatic hydroxyl groups is 1. The molecule has 120 valence electrons. The second-order valence-electron chi connectivity index (χ2n) is 4.74. The molecule has 0 aromatic heterocycles. The number of nitrogens with one attached hydrogen (secondary N) is 2. The van der Waals surface area contributed by atoms with Gasteiger partial charge in [0.1, 0.15) is 5.75 Å². The van der Waals surface area contributed by atoms with Gasteiger partial charge < -0.3 is 20.5 Å². The Labute approximate surface area is 144 Å². The Morgan fingerprint density at radius 2 is 2.05 bits per heavy atom. The van der Waals surface area contributed by atoms with Gasteiger partial charge in [-0.05, 0) is 38.5 Å². The highest BCUT2D eigenvalue weighted by Crippen LogP contribution is 2.19. The van der Waals surface area contributed by atoms with E-state index in [0.29, 0.717) is 12.5 Å². The van der Waals surface area contributed by atoms with Crippen LogP contribution in [0.3, 0.4) is 0 Å². The van der Waals surface area contributed by atoms with E-state index < -0.39 is 6.10 Å². The summed E-state index contributed by atoms with van der Waals surface area (Å²) in [7, 11) is 1.70. The van der Waals surface area contributed by atoms with E-state index in [1.165, 1.54) is 0 Å². The lowest BCUT2D eigenvalue weighted by atomic mass is 10.1. The van der Waals surface area contributed by atoms with E-state index in [0.717, 1.165) is 17.9 Å². The zero-order chi connectivity index (χ0) is 15.0. The summed E-state index contributed by atoms with van der Waals surface area (Å²) in [4.78, 5) is 4.06. The molecule has 1 unspecified atom stereocenters. The number of rotatable bonds is 6. The molecule has 0 saturated carbocycles. The normalized spacial score (nSPS) is 12.6. The van der Waals surface area contributed by atoms with Gasteiger partial charge in [0.15, 0.2) is 5.96 Å². The Hall–Kier alpha value is -1.02. The number of halogens is 1. The first kappa shape index (κ1) is 20.0. The van der Waals surface area contributed by atoms with Gasteiger partial charge in [-0.1, -0.05) is 12.1 Å². The molecule has 6 heteroatoms. The largest absolute Gasteiger partial charge is 0.491 e. The van der Waals surface area contributed by atoms with Crippen LogP contribution in [-0.4, -0.2) is 37.3 Å². The molecule has 1 atom stereocenters. The van der Waals surface area contributed by atoms with Gasteiger partial charge in [-0.2, -0.15) is 0 Å². The minimum atomic E-state index is -0.610. The summed E-state index contributed by atoms with van der Waals surface area (Å²) in [5, 5.41) is 16.3. The molecule has 0 aliphatic rings. The molecule has 0 aliphatic carbocycles. The first-order valence-corrected chi connectivity index (χ1v) is 6.96. The Morgan fingerprint density at radius 3 is 2.62 bits per heavy atom. The molecular formula is C15H26IN3O2. The molecule has 0 bridgehead atoms. The molecule has 1 aromatic carbocycles. The number of aliphatic hydroxyl groups excluding tert-OH is 1. The van der Waals surface area contributed by atoms with E-state index in [9.17, 15) is 5.11 Å². The lowest BCUT2D eigenvalue weighted by Crippen LogP contribution is -2.39. The Bertz CT molecular complexity index is 439. The third-order valence-electron chi connectivity index (χ3n) is 2.65. The van der Waals surface area contributed by atoms with Crippen molar-refractivity contribution in [3.8, 4) is 5.75 Å². The van der Waals surface area contributed by atoms with E-state index in [1.54, 1.807) is 7.05 Å². The van der Waals surface area contributed by atoms with Crippen LogP contribution in [0.4, 0.5) is 0 Å². The minimum absolute atomic E-state index is 0. The van der Waals surface area contributed by atoms with Crippen molar-refractivity contribution in [2.24, 2.45) is 4.99 Å². The van der Waals surface area contributed by atoms with Gasteiger partial charge in [-0.25, -0.2) is 0 Å². The summed E-state index contributed by atoms with van der Waals surface area (Å²) in [6.07, 6.45) is -0.491. The number of benzene rings is 1. The van der Waals surface area contributed by atoms with Gasteiger partial charge in [0.2, 0.25) is 0 Å². The third-order valence-corrected chi connectivity index (χ3v) is 2.65. The SMILES string of the molecule is CCNC(=NC)NCC(O)c1cccc(OC(C)C)c1.I. The average Bonchev–Trinajstić information content (AvgIpc) is 2.42. The van der Waals surface area contributed by atoms with Gasteiger partial charge in [-0.15, -0.1) is 24.0 Å². The monoisotopic (exact) mass is 407 g/mol. The maximum atomic E-state index is 10.2. The molecule has 21 heavy (non-hydrogen) atoms. The van der Waals surface area contributed by atoms with Crippen LogP contribution in [0, 0.1) is 0 Å². The van der Waals surface area contributed by atoms with Crippen LogP contribution in [-0.2, 0) is 0 Å². The van der Waals surface area contributed by atoms with Gasteiger partial charge in [0.05, 0.1) is 12.2 Å². The van der Waals surface area contributed by atoms with Crippen LogP contribution in [0.5, 0.6) is 5.75 Å². The maximum absolute atomic E-state index is 10.2. The van der Waals surface area contributed by atoms with Gasteiger partial charge in [0, 0.05) is 20.1 Å². The second kappa shape index (κ2) is 10.7. The van der Waals surface area contributed by atoms with Gasteiger partial charge >= 0.3 is 0 Å². The molecule has 0 radical (unpaired) electrons. The summed E-state index contributed by atoms with van der Waals surface area (Å²) >= 11 is 0. The van der Waals surface area contributed by atoms with E-state index >= 15 is 0 Å². The highest BCUT2D eigenvalue weighted by Gasteiger charge is 2.09. The second-order valence-corrected chi connectivity index (χ2v) is 4.74. The Balaban J connectivity index is 0.00000400. The molecule has 0 saturated heterocycles. The van der Waals surface area contributed by atoms with Crippen molar-refractivity contribution < 1.29 is 9.84 Å². The molecule has 1 rings (SSSR count). The first-order chi connectivity index (χ1) is 9.56. The predicted molar refractivity (Wildman–Crippen MR) is 97.6 cm³/mol. The lowest BCUT2D eigenvalue weighted by Gasteiger charge is -2.16. The van der Waals surface area contributed by atoms with Gasteiger partial charge in [-0.3, -0.25) is 4.99 Å². The molecule has 0 aliphatic heterocycles. The number of nitrogens with zero attached hydrogens (tertiary/aromatic N) is 1. The standard InChI is InChI=1S/C15H25N3O2.HI/c1-5-17-15(16-4)18-10-14(19)12-7-6-8-13(9-12)20-11(2)3;/h6-9,11,14,19H,5,10H2,1-4H3,(H2,16,17,18);1H. The van der Waals surface area contributed by atoms with Crippen LogP contribution < -0.4 is 15.4 Å². The zero-order valence-corrected chi connectivity index (χ0v) is 15.4. The Morgan fingerprint density at radius 1 is 1.33 bits per heavy atom. The number of hydrogen-bond acceptors (Lipinski definition) is 3. The molecule has 0 heterocycles. The van der Waals surface area contributed by atoms with Crippen molar-refractivity contribution in [2.45, 2.75) is 33.0 Å². The van der Waals surface area contributed by atoms with E-state index in [1.807, 2.05) is 45.0 Å². The van der Waals surface area contributed by atoms with E-state index in [4.69, 9.17) is 4.74 Å². The smallest absolute Gasteiger partial charge is 0.191 e. The average molecular weight is 407 g/mol. The highest BCUT2D eigenvalue weighted by molar-refractivity contribution is 14.0. The minimum Gasteiger partial charge on any atom is -0.491 e. The maximum Gasteiger partial charge on any atom is 0.191 e. The third kappa shape index (κ3) is 7.52. The lowest BCUT2D eigenvalue weighted by molar-refractivity contribution is 0.179. The summed E-state index contributed by atoms with van der Waals surface area (Å²) in [5.41, 5.74) is 0.822. The molecule has 0 fully saturated rings.